The highest BCUT2D eigenvalue weighted by molar-refractivity contribution is 7.89. The molecule has 2 saturated heterocycles. The number of rotatable bonds is 4. The lowest BCUT2D eigenvalue weighted by molar-refractivity contribution is 0.0466. The van der Waals surface area contributed by atoms with Gasteiger partial charge in [0.25, 0.3) is 5.91 Å². The molecule has 1 aromatic rings. The van der Waals surface area contributed by atoms with Crippen LogP contribution in [0.1, 0.15) is 23.7 Å². The zero-order valence-electron chi connectivity index (χ0n) is 15.6. The third-order valence-electron chi connectivity index (χ3n) is 5.26. The number of piperidine rings is 1. The molecule has 0 aliphatic carbocycles. The monoisotopic (exact) mass is 400 g/mol. The van der Waals surface area contributed by atoms with Gasteiger partial charge in [0, 0.05) is 37.2 Å². The quantitative estimate of drug-likeness (QED) is 0.763. The number of benzene rings is 1. The van der Waals surface area contributed by atoms with Gasteiger partial charge in [0.15, 0.2) is 11.6 Å². The van der Waals surface area contributed by atoms with Gasteiger partial charge in [-0.3, -0.25) is 4.79 Å². The van der Waals surface area contributed by atoms with Gasteiger partial charge in [0.05, 0.1) is 26.1 Å². The van der Waals surface area contributed by atoms with Crippen molar-refractivity contribution < 1.29 is 27.1 Å². The number of hydrogen-bond donors (Lipinski definition) is 0. The first-order valence-corrected chi connectivity index (χ1v) is 10.7. The Balaban J connectivity index is 1.77. The van der Waals surface area contributed by atoms with Crippen LogP contribution in [0.5, 0.6) is 5.75 Å². The third-order valence-corrected chi connectivity index (χ3v) is 7.16. The van der Waals surface area contributed by atoms with Crippen LogP contribution >= 0.6 is 0 Å². The molecule has 150 valence electrons. The first-order chi connectivity index (χ1) is 12.9. The predicted octanol–water partition coefficient (Wildman–Crippen LogP) is 1.35. The molecule has 0 aromatic heterocycles. The second kappa shape index (κ2) is 8.12. The van der Waals surface area contributed by atoms with Crippen molar-refractivity contribution in [2.24, 2.45) is 5.92 Å². The molecule has 27 heavy (non-hydrogen) atoms. The first-order valence-electron chi connectivity index (χ1n) is 9.07. The summed E-state index contributed by atoms with van der Waals surface area (Å²) in [5, 5.41) is 0. The highest BCUT2D eigenvalue weighted by Crippen LogP contribution is 2.28. The number of amides is 1. The highest BCUT2D eigenvalue weighted by Gasteiger charge is 2.40. The fourth-order valence-corrected chi connectivity index (χ4v) is 5.17. The van der Waals surface area contributed by atoms with Gasteiger partial charge in [-0.15, -0.1) is 0 Å². The normalized spacial score (nSPS) is 24.2. The number of halogens is 1. The van der Waals surface area contributed by atoms with Gasteiger partial charge in [0.1, 0.15) is 0 Å². The van der Waals surface area contributed by atoms with Crippen LogP contribution in [0, 0.1) is 11.7 Å². The molecule has 2 aliphatic rings. The van der Waals surface area contributed by atoms with Crippen molar-refractivity contribution in [3.63, 3.8) is 0 Å². The van der Waals surface area contributed by atoms with Gasteiger partial charge in [-0.25, -0.2) is 12.8 Å². The number of nitrogens with zero attached hydrogens (tertiary/aromatic N) is 2. The van der Waals surface area contributed by atoms with Crippen molar-refractivity contribution in [2.45, 2.75) is 19.4 Å². The maximum Gasteiger partial charge on any atom is 0.253 e. The summed E-state index contributed by atoms with van der Waals surface area (Å²) in [6, 6.07) is 3.96. The summed E-state index contributed by atoms with van der Waals surface area (Å²) in [6.45, 7) is 3.53. The molecule has 2 atom stereocenters. The summed E-state index contributed by atoms with van der Waals surface area (Å²) < 4.78 is 50.8. The lowest BCUT2D eigenvalue weighted by Crippen LogP contribution is -2.54. The maximum absolute atomic E-state index is 13.9. The van der Waals surface area contributed by atoms with Gasteiger partial charge in [-0.2, -0.15) is 4.31 Å². The molecule has 3 rings (SSSR count). The van der Waals surface area contributed by atoms with Gasteiger partial charge in [-0.05, 0) is 31.5 Å². The van der Waals surface area contributed by atoms with Crippen LogP contribution < -0.4 is 4.74 Å². The minimum atomic E-state index is -3.33. The molecular weight excluding hydrogens is 375 g/mol. The molecule has 9 heteroatoms. The molecule has 1 amide bonds. The van der Waals surface area contributed by atoms with Crippen LogP contribution in [0.15, 0.2) is 18.2 Å². The summed E-state index contributed by atoms with van der Waals surface area (Å²) in [6.07, 6.45) is 0.539. The molecule has 2 unspecified atom stereocenters. The number of methoxy groups -OCH3 is 1. The summed E-state index contributed by atoms with van der Waals surface area (Å²) in [7, 11) is -1.96. The lowest BCUT2D eigenvalue weighted by Gasteiger charge is -2.41. The maximum atomic E-state index is 13.9. The van der Waals surface area contributed by atoms with E-state index in [-0.39, 0.29) is 34.9 Å². The number of carbonyl (C=O) groups excluding carboxylic acids is 1. The Morgan fingerprint density at radius 1 is 1.37 bits per heavy atom. The van der Waals surface area contributed by atoms with Crippen molar-refractivity contribution in [2.75, 3.05) is 45.7 Å². The van der Waals surface area contributed by atoms with Crippen LogP contribution in [0.25, 0.3) is 0 Å². The van der Waals surface area contributed by atoms with Crippen LogP contribution in [-0.2, 0) is 14.8 Å². The molecule has 0 radical (unpaired) electrons. The SMILES string of the molecule is CCS(=O)(=O)N1CCOCC2CN(C(=O)c3ccc(OC)c(F)c3)CCC21. The molecule has 0 bridgehead atoms. The fourth-order valence-electron chi connectivity index (χ4n) is 3.80. The zero-order chi connectivity index (χ0) is 19.6. The second-order valence-electron chi connectivity index (χ2n) is 6.80. The number of carbonyl (C=O) groups is 1. The Kier molecular flexibility index (Phi) is 6.02. The zero-order valence-corrected chi connectivity index (χ0v) is 16.4. The van der Waals surface area contributed by atoms with Gasteiger partial charge in [0.2, 0.25) is 10.0 Å². The molecule has 0 N–H and O–H groups in total. The lowest BCUT2D eigenvalue weighted by atomic mass is 9.92. The fraction of sp³-hybridized carbons (Fsp3) is 0.611. The van der Waals surface area contributed by atoms with Gasteiger partial charge in [-0.1, -0.05) is 0 Å². The Bertz CT molecular complexity index is 801. The number of sulfonamides is 1. The third kappa shape index (κ3) is 4.09. The summed E-state index contributed by atoms with van der Waals surface area (Å²) in [5.41, 5.74) is 0.249. The van der Waals surface area contributed by atoms with E-state index in [0.29, 0.717) is 39.3 Å². The van der Waals surface area contributed by atoms with E-state index in [1.165, 1.54) is 25.3 Å². The van der Waals surface area contributed by atoms with E-state index in [2.05, 4.69) is 0 Å². The Morgan fingerprint density at radius 3 is 2.81 bits per heavy atom. The molecule has 7 nitrogen and oxygen atoms in total. The van der Waals surface area contributed by atoms with Crippen molar-refractivity contribution >= 4 is 15.9 Å². The van der Waals surface area contributed by atoms with Crippen LogP contribution in [-0.4, -0.2) is 75.3 Å². The van der Waals surface area contributed by atoms with E-state index in [4.69, 9.17) is 9.47 Å². The first kappa shape index (κ1) is 20.0. The summed E-state index contributed by atoms with van der Waals surface area (Å²) in [5.74, 6) is -0.831. The van der Waals surface area contributed by atoms with Crippen LogP contribution in [0.3, 0.4) is 0 Å². The minimum Gasteiger partial charge on any atom is -0.494 e. The highest BCUT2D eigenvalue weighted by atomic mass is 32.2. The van der Waals surface area contributed by atoms with E-state index in [0.717, 1.165) is 0 Å². The Morgan fingerprint density at radius 2 is 2.15 bits per heavy atom. The number of ether oxygens (including phenoxy) is 2. The van der Waals surface area contributed by atoms with Gasteiger partial charge < -0.3 is 14.4 Å². The average Bonchev–Trinajstić information content (AvgIpc) is 2.89. The molecule has 2 aliphatic heterocycles. The van der Waals surface area contributed by atoms with Crippen molar-refractivity contribution in [3.05, 3.63) is 29.6 Å². The van der Waals surface area contributed by atoms with Crippen LogP contribution in [0.4, 0.5) is 4.39 Å². The smallest absolute Gasteiger partial charge is 0.253 e. The molecule has 0 saturated carbocycles. The second-order valence-corrected chi connectivity index (χ2v) is 9.01. The largest absolute Gasteiger partial charge is 0.494 e. The van der Waals surface area contributed by atoms with Crippen molar-refractivity contribution in [3.8, 4) is 5.75 Å². The average molecular weight is 400 g/mol. The number of likely N-dealkylation sites (tertiary alicyclic amines) is 1. The van der Waals surface area contributed by atoms with Crippen molar-refractivity contribution in [1.82, 2.24) is 9.21 Å². The van der Waals surface area contributed by atoms with Crippen LogP contribution in [0.2, 0.25) is 0 Å². The molecule has 2 fully saturated rings. The summed E-state index contributed by atoms with van der Waals surface area (Å²) >= 11 is 0. The topological polar surface area (TPSA) is 76.2 Å². The minimum absolute atomic E-state index is 0.0456. The van der Waals surface area contributed by atoms with E-state index >= 15 is 0 Å². The number of hydrogen-bond acceptors (Lipinski definition) is 5. The molecule has 2 heterocycles. The molecule has 0 spiro atoms. The Labute approximate surface area is 159 Å². The number of fused-ring (bicyclic) bond motifs is 1. The van der Waals surface area contributed by atoms with E-state index in [9.17, 15) is 17.6 Å². The van der Waals surface area contributed by atoms with E-state index < -0.39 is 15.8 Å². The van der Waals surface area contributed by atoms with Crippen molar-refractivity contribution in [1.29, 1.82) is 0 Å². The van der Waals surface area contributed by atoms with E-state index in [1.807, 2.05) is 0 Å². The summed E-state index contributed by atoms with van der Waals surface area (Å²) in [4.78, 5) is 14.4. The molecular formula is C18H25FN2O5S. The predicted molar refractivity (Wildman–Crippen MR) is 97.7 cm³/mol. The van der Waals surface area contributed by atoms with E-state index in [1.54, 1.807) is 16.1 Å². The molecule has 1 aromatic carbocycles. The van der Waals surface area contributed by atoms with Gasteiger partial charge >= 0.3 is 0 Å². The standard InChI is InChI=1S/C18H25FN2O5S/c1-3-27(23,24)21-8-9-26-12-14-11-20(7-6-16(14)21)18(22)13-4-5-17(25-2)15(19)10-13/h4-5,10,14,16H,3,6-9,11-12H2,1-2H3. The Hall–Kier alpha value is -1.71.